The molecule has 0 unspecified atom stereocenters. The molecule has 0 heterocycles. The molecule has 0 saturated heterocycles. The van der Waals surface area contributed by atoms with E-state index in [1.165, 1.54) is 11.1 Å². The van der Waals surface area contributed by atoms with E-state index in [9.17, 15) is 0 Å². The third-order valence-electron chi connectivity index (χ3n) is 2.51. The molecule has 0 spiro atoms. The van der Waals surface area contributed by atoms with Gasteiger partial charge in [0, 0.05) is 12.6 Å². The van der Waals surface area contributed by atoms with Gasteiger partial charge in [-0.05, 0) is 18.4 Å². The van der Waals surface area contributed by atoms with Gasteiger partial charge in [0.2, 0.25) is 5.96 Å². The van der Waals surface area contributed by atoms with Crippen molar-refractivity contribution < 1.29 is 0 Å². The highest BCUT2D eigenvalue weighted by atomic mass is 15.4. The van der Waals surface area contributed by atoms with Gasteiger partial charge in [0.15, 0.2) is 0 Å². The zero-order valence-corrected chi connectivity index (χ0v) is 8.70. The molecular formula is C11H14N4. The Morgan fingerprint density at radius 2 is 2.13 bits per heavy atom. The van der Waals surface area contributed by atoms with Gasteiger partial charge in [-0.1, -0.05) is 24.3 Å². The van der Waals surface area contributed by atoms with Gasteiger partial charge in [-0.25, -0.2) is 5.43 Å². The number of aliphatic imine (C=N–C) groups is 1. The second kappa shape index (κ2) is 4.13. The number of aryl methyl sites for hydroxylation is 1. The normalized spacial score (nSPS) is 17.9. The third kappa shape index (κ3) is 1.98. The molecule has 1 aromatic rings. The molecule has 1 aliphatic rings. The number of nitrogens with one attached hydrogen (secondary N) is 1. The summed E-state index contributed by atoms with van der Waals surface area (Å²) in [5.74, 6) is 0.340. The molecule has 0 fully saturated rings. The van der Waals surface area contributed by atoms with Gasteiger partial charge in [0.25, 0.3) is 0 Å². The number of hydrogen-bond acceptors (Lipinski definition) is 2. The smallest absolute Gasteiger partial charge is 0.209 e. The van der Waals surface area contributed by atoms with Gasteiger partial charge < -0.3 is 5.73 Å². The Kier molecular flexibility index (Phi) is 2.67. The Labute approximate surface area is 88.9 Å². The largest absolute Gasteiger partial charge is 0.369 e. The molecular weight excluding hydrogens is 188 g/mol. The highest BCUT2D eigenvalue weighted by Crippen LogP contribution is 2.21. The first-order chi connectivity index (χ1) is 7.31. The van der Waals surface area contributed by atoms with Crippen molar-refractivity contribution in [3.8, 4) is 0 Å². The second-order valence-electron chi connectivity index (χ2n) is 3.44. The summed E-state index contributed by atoms with van der Waals surface area (Å²) in [5, 5.41) is 4.25. The molecule has 3 N–H and O–H groups in total. The molecule has 0 amide bonds. The Hall–Kier alpha value is -1.84. The molecule has 15 heavy (non-hydrogen) atoms. The van der Waals surface area contributed by atoms with Crippen molar-refractivity contribution in [2.24, 2.45) is 15.8 Å². The van der Waals surface area contributed by atoms with E-state index >= 15 is 0 Å². The van der Waals surface area contributed by atoms with Crippen LogP contribution in [-0.4, -0.2) is 18.7 Å². The van der Waals surface area contributed by atoms with Crippen LogP contribution in [0.5, 0.6) is 0 Å². The van der Waals surface area contributed by atoms with E-state index in [0.29, 0.717) is 5.96 Å². The second-order valence-corrected chi connectivity index (χ2v) is 3.44. The number of hydrazone groups is 1. The quantitative estimate of drug-likeness (QED) is 0.403. The monoisotopic (exact) mass is 202 g/mol. The van der Waals surface area contributed by atoms with Crippen molar-refractivity contribution in [3.63, 3.8) is 0 Å². The number of guanidine groups is 1. The fourth-order valence-corrected chi connectivity index (χ4v) is 1.70. The van der Waals surface area contributed by atoms with E-state index in [-0.39, 0.29) is 0 Å². The number of fused-ring (bicyclic) bond motifs is 1. The molecule has 4 nitrogen and oxygen atoms in total. The van der Waals surface area contributed by atoms with Crippen LogP contribution >= 0.6 is 0 Å². The van der Waals surface area contributed by atoms with Crippen molar-refractivity contribution >= 4 is 11.7 Å². The zero-order chi connectivity index (χ0) is 10.7. The average molecular weight is 202 g/mol. The molecule has 0 aromatic heterocycles. The van der Waals surface area contributed by atoms with Crippen LogP contribution in [0.3, 0.4) is 0 Å². The van der Waals surface area contributed by atoms with Crippen molar-refractivity contribution in [2.45, 2.75) is 12.8 Å². The lowest BCUT2D eigenvalue weighted by molar-refractivity contribution is 0.981. The summed E-state index contributed by atoms with van der Waals surface area (Å²) in [6.07, 6.45) is 2.02. The van der Waals surface area contributed by atoms with E-state index in [2.05, 4.69) is 33.7 Å². The highest BCUT2D eigenvalue weighted by Gasteiger charge is 2.16. The van der Waals surface area contributed by atoms with Crippen LogP contribution in [0.1, 0.15) is 17.5 Å². The predicted molar refractivity (Wildman–Crippen MR) is 62.0 cm³/mol. The van der Waals surface area contributed by atoms with Crippen molar-refractivity contribution in [3.05, 3.63) is 35.4 Å². The third-order valence-corrected chi connectivity index (χ3v) is 2.51. The lowest BCUT2D eigenvalue weighted by Gasteiger charge is -2.01. The van der Waals surface area contributed by atoms with Crippen LogP contribution < -0.4 is 11.2 Å². The van der Waals surface area contributed by atoms with Crippen LogP contribution in [0, 0.1) is 0 Å². The van der Waals surface area contributed by atoms with E-state index in [1.807, 2.05) is 6.07 Å². The maximum atomic E-state index is 5.50. The van der Waals surface area contributed by atoms with Crippen molar-refractivity contribution in [1.82, 2.24) is 5.43 Å². The van der Waals surface area contributed by atoms with E-state index in [1.54, 1.807) is 7.05 Å². The van der Waals surface area contributed by atoms with Gasteiger partial charge >= 0.3 is 0 Å². The lowest BCUT2D eigenvalue weighted by atomic mass is 10.1. The minimum atomic E-state index is 0.340. The Morgan fingerprint density at radius 1 is 1.33 bits per heavy atom. The van der Waals surface area contributed by atoms with Crippen LogP contribution in [-0.2, 0) is 6.42 Å². The van der Waals surface area contributed by atoms with Crippen LogP contribution in [0.25, 0.3) is 0 Å². The summed E-state index contributed by atoms with van der Waals surface area (Å²) in [6.45, 7) is 0. The number of benzene rings is 1. The Morgan fingerprint density at radius 3 is 2.93 bits per heavy atom. The van der Waals surface area contributed by atoms with Gasteiger partial charge in [-0.2, -0.15) is 5.10 Å². The number of nitrogens with zero attached hydrogens (tertiary/aromatic N) is 2. The molecule has 0 saturated carbocycles. The molecule has 78 valence electrons. The molecule has 0 radical (unpaired) electrons. The first-order valence-electron chi connectivity index (χ1n) is 4.94. The fourth-order valence-electron chi connectivity index (χ4n) is 1.70. The summed E-state index contributed by atoms with van der Waals surface area (Å²) in [6, 6.07) is 8.30. The maximum Gasteiger partial charge on any atom is 0.209 e. The van der Waals surface area contributed by atoms with E-state index in [4.69, 9.17) is 5.73 Å². The van der Waals surface area contributed by atoms with Crippen LogP contribution in [0.15, 0.2) is 34.4 Å². The molecule has 0 bridgehead atoms. The van der Waals surface area contributed by atoms with E-state index in [0.717, 1.165) is 18.6 Å². The average Bonchev–Trinajstić information content (AvgIpc) is 2.69. The van der Waals surface area contributed by atoms with Gasteiger partial charge in [-0.15, -0.1) is 0 Å². The highest BCUT2D eigenvalue weighted by molar-refractivity contribution is 6.04. The van der Waals surface area contributed by atoms with Gasteiger partial charge in [0.1, 0.15) is 0 Å². The summed E-state index contributed by atoms with van der Waals surface area (Å²) in [7, 11) is 1.63. The molecule has 2 rings (SSSR count). The summed E-state index contributed by atoms with van der Waals surface area (Å²) in [5.41, 5.74) is 11.9. The number of nitrogens with two attached hydrogens (primary N) is 1. The molecule has 1 aliphatic carbocycles. The van der Waals surface area contributed by atoms with Gasteiger partial charge in [-0.3, -0.25) is 4.99 Å². The predicted octanol–water partition coefficient (Wildman–Crippen LogP) is 0.871. The standard InChI is InChI=1S/C11H14N4/c1-13-11(12)15-14-10-7-6-8-4-2-3-5-9(8)10/h2-5H,6-7H2,1H3,(H3,12,13,15). The molecule has 0 aliphatic heterocycles. The van der Waals surface area contributed by atoms with E-state index < -0.39 is 0 Å². The molecule has 0 atom stereocenters. The van der Waals surface area contributed by atoms with Crippen molar-refractivity contribution in [1.29, 1.82) is 0 Å². The molecule has 4 heteroatoms. The first-order valence-corrected chi connectivity index (χ1v) is 4.94. The van der Waals surface area contributed by atoms with Crippen LogP contribution in [0.2, 0.25) is 0 Å². The lowest BCUT2D eigenvalue weighted by Crippen LogP contribution is -2.27. The minimum absolute atomic E-state index is 0.340. The zero-order valence-electron chi connectivity index (χ0n) is 8.70. The Balaban J connectivity index is 2.20. The number of rotatable bonds is 1. The topological polar surface area (TPSA) is 62.8 Å². The van der Waals surface area contributed by atoms with Crippen LogP contribution in [0.4, 0.5) is 0 Å². The van der Waals surface area contributed by atoms with Gasteiger partial charge in [0.05, 0.1) is 5.71 Å². The SMILES string of the molecule is CN=C(N)NN=C1CCc2ccccc21. The fraction of sp³-hybridized carbons (Fsp3) is 0.273. The first kappa shape index (κ1) is 9.71. The number of hydrogen-bond donors (Lipinski definition) is 2. The Bertz CT molecular complexity index is 420. The summed E-state index contributed by atoms with van der Waals surface area (Å²) in [4.78, 5) is 3.78. The maximum absolute atomic E-state index is 5.50. The minimum Gasteiger partial charge on any atom is -0.369 e. The van der Waals surface area contributed by atoms with Crippen molar-refractivity contribution in [2.75, 3.05) is 7.05 Å². The summed E-state index contributed by atoms with van der Waals surface area (Å²) < 4.78 is 0. The molecule has 1 aromatic carbocycles. The summed E-state index contributed by atoms with van der Waals surface area (Å²) >= 11 is 0.